The third-order valence-corrected chi connectivity index (χ3v) is 13.8. The van der Waals surface area contributed by atoms with Crippen LogP contribution in [0.5, 0.6) is 11.5 Å². The van der Waals surface area contributed by atoms with Crippen LogP contribution in [0.2, 0.25) is 0 Å². The number of benzene rings is 7. The molecule has 68 heavy (non-hydrogen) atoms. The summed E-state index contributed by atoms with van der Waals surface area (Å²) in [6.45, 7) is 25.0. The predicted molar refractivity (Wildman–Crippen MR) is 279 cm³/mol. The van der Waals surface area contributed by atoms with Gasteiger partial charge in [0.15, 0.2) is 0 Å². The molecule has 10 rings (SSSR count). The molecule has 5 nitrogen and oxygen atoms in total. The first-order valence-corrected chi connectivity index (χ1v) is 23.4. The van der Waals surface area contributed by atoms with Crippen molar-refractivity contribution in [1.82, 2.24) is 9.55 Å². The van der Waals surface area contributed by atoms with Gasteiger partial charge in [-0.2, -0.15) is 6.07 Å². The Labute approximate surface area is 417 Å². The van der Waals surface area contributed by atoms with Crippen molar-refractivity contribution >= 4 is 44.6 Å². The van der Waals surface area contributed by atoms with Crippen LogP contribution in [0.15, 0.2) is 170 Å². The van der Waals surface area contributed by atoms with Crippen LogP contribution in [-0.2, 0) is 42.7 Å². The minimum atomic E-state index is -0.232. The molecule has 9 aromatic rings. The van der Waals surface area contributed by atoms with Gasteiger partial charge in [-0.1, -0.05) is 172 Å². The maximum atomic E-state index is 6.89. The predicted octanol–water partition coefficient (Wildman–Crippen LogP) is 16.2. The molecular formula is C62H59N4OPt-3. The molecule has 7 aromatic carbocycles. The minimum absolute atomic E-state index is 0. The first kappa shape index (κ1) is 46.7. The molecule has 0 radical (unpaired) electrons. The summed E-state index contributed by atoms with van der Waals surface area (Å²) in [6.07, 6.45) is 1.92. The molecular weight excluding hydrogens is 1010 g/mol. The summed E-state index contributed by atoms with van der Waals surface area (Å²) < 4.78 is 9.11. The van der Waals surface area contributed by atoms with Crippen molar-refractivity contribution in [2.24, 2.45) is 0 Å². The molecule has 0 N–H and O–H groups in total. The van der Waals surface area contributed by atoms with Gasteiger partial charge in [-0.25, -0.2) is 4.98 Å². The summed E-state index contributed by atoms with van der Waals surface area (Å²) in [4.78, 5) is 9.56. The number of ether oxygens (including phenoxy) is 1. The number of hydrogen-bond acceptors (Lipinski definition) is 4. The van der Waals surface area contributed by atoms with E-state index in [2.05, 4.69) is 260 Å². The van der Waals surface area contributed by atoms with Gasteiger partial charge in [0, 0.05) is 72.2 Å². The molecule has 0 bridgehead atoms. The topological polar surface area (TPSA) is 33.5 Å². The Bertz CT molecular complexity index is 3280. The first-order valence-electron chi connectivity index (χ1n) is 23.4. The molecule has 346 valence electrons. The number of nitrogens with zero attached hydrogens (tertiary/aromatic N) is 4. The molecule has 1 aliphatic heterocycles. The van der Waals surface area contributed by atoms with Gasteiger partial charge in [-0.05, 0) is 86.5 Å². The van der Waals surface area contributed by atoms with E-state index in [1.807, 2.05) is 12.3 Å². The Kier molecular flexibility index (Phi) is 12.1. The van der Waals surface area contributed by atoms with E-state index >= 15 is 0 Å². The van der Waals surface area contributed by atoms with E-state index in [1.165, 1.54) is 27.8 Å². The van der Waals surface area contributed by atoms with Gasteiger partial charge < -0.3 is 19.1 Å². The van der Waals surface area contributed by atoms with Gasteiger partial charge in [0.2, 0.25) is 0 Å². The molecule has 0 saturated heterocycles. The number of rotatable bonds is 9. The van der Waals surface area contributed by atoms with E-state index in [4.69, 9.17) is 9.72 Å². The number of fused-ring (bicyclic) bond motifs is 4. The SMILES string of the molecule is CC(C)(C)c1cc(Oc2[c-]c3c(cc2)c2ccccc2n3-c2cc(C(C)(C)c3ccccc3)ccn2)[c-]c(N2[CH-]N(c3cc(C(C)(C)C)cc(C(C)(C)c4ccccc4)c3)c3ccccc32)c1.[Pt]. The summed E-state index contributed by atoms with van der Waals surface area (Å²) in [5.41, 5.74) is 12.9. The fraction of sp³-hybridized carbons (Fsp3) is 0.226. The molecule has 2 aromatic heterocycles. The molecule has 0 saturated carbocycles. The second-order valence-corrected chi connectivity index (χ2v) is 21.2. The van der Waals surface area contributed by atoms with Gasteiger partial charge in [0.05, 0.1) is 0 Å². The Morgan fingerprint density at radius 2 is 1.04 bits per heavy atom. The van der Waals surface area contributed by atoms with Crippen LogP contribution in [0, 0.1) is 18.8 Å². The maximum Gasteiger partial charge on any atom is 0.135 e. The number of para-hydroxylation sites is 3. The summed E-state index contributed by atoms with van der Waals surface area (Å²) in [5.74, 6) is 2.06. The van der Waals surface area contributed by atoms with Crippen LogP contribution in [0.4, 0.5) is 22.7 Å². The van der Waals surface area contributed by atoms with Crippen molar-refractivity contribution in [3.63, 3.8) is 0 Å². The van der Waals surface area contributed by atoms with E-state index in [9.17, 15) is 0 Å². The smallest absolute Gasteiger partial charge is 0.135 e. The zero-order valence-corrected chi connectivity index (χ0v) is 43.0. The van der Waals surface area contributed by atoms with Crippen molar-refractivity contribution in [2.45, 2.75) is 90.9 Å². The van der Waals surface area contributed by atoms with E-state index in [0.29, 0.717) is 11.5 Å². The number of anilines is 4. The van der Waals surface area contributed by atoms with Gasteiger partial charge in [0.25, 0.3) is 0 Å². The fourth-order valence-electron chi connectivity index (χ4n) is 9.46. The van der Waals surface area contributed by atoms with Crippen molar-refractivity contribution in [1.29, 1.82) is 0 Å². The second-order valence-electron chi connectivity index (χ2n) is 21.2. The van der Waals surface area contributed by atoms with Gasteiger partial charge in [-0.3, -0.25) is 0 Å². The normalized spacial score (nSPS) is 13.2. The monoisotopic (exact) mass is 1070 g/mol. The number of hydrogen-bond donors (Lipinski definition) is 0. The largest absolute Gasteiger partial charge is 0.509 e. The van der Waals surface area contributed by atoms with E-state index in [1.54, 1.807) is 0 Å². The standard InChI is InChI=1S/C62H59N4O.Pt/c1-59(2,3)45-33-47(62(9,10)43-23-15-12-16-24-43)36-48(34-45)64-41-65(56-28-20-19-27-55(56)64)49-35-46(60(4,5)6)37-51(39-49)67-50-29-30-53-52-25-17-18-26-54(52)66(57(53)40-50)58-38-44(31-32-63-58)61(7,8)42-21-13-11-14-22-42;/h11-38,41H,1-10H3;/q-3;. The first-order chi connectivity index (χ1) is 32.0. The molecule has 3 heterocycles. The maximum absolute atomic E-state index is 6.89. The zero-order chi connectivity index (χ0) is 46.9. The van der Waals surface area contributed by atoms with Crippen LogP contribution in [0.1, 0.15) is 103 Å². The van der Waals surface area contributed by atoms with E-state index in [0.717, 1.165) is 55.9 Å². The molecule has 0 atom stereocenters. The van der Waals surface area contributed by atoms with Crippen LogP contribution in [-0.4, -0.2) is 9.55 Å². The van der Waals surface area contributed by atoms with Gasteiger partial charge in [0.1, 0.15) is 5.82 Å². The molecule has 0 aliphatic carbocycles. The average molecular weight is 1070 g/mol. The van der Waals surface area contributed by atoms with Crippen LogP contribution in [0.3, 0.4) is 0 Å². The second kappa shape index (κ2) is 17.6. The van der Waals surface area contributed by atoms with Crippen molar-refractivity contribution in [3.05, 3.63) is 222 Å². The Balaban J connectivity index is 0.00000578. The van der Waals surface area contributed by atoms with Crippen LogP contribution >= 0.6 is 0 Å². The fourth-order valence-corrected chi connectivity index (χ4v) is 9.46. The minimum Gasteiger partial charge on any atom is -0.509 e. The van der Waals surface area contributed by atoms with Crippen molar-refractivity contribution in [2.75, 3.05) is 9.80 Å². The van der Waals surface area contributed by atoms with E-state index < -0.39 is 0 Å². The number of aromatic nitrogens is 2. The molecule has 0 unspecified atom stereocenters. The number of pyridine rings is 1. The van der Waals surface area contributed by atoms with E-state index in [-0.39, 0.29) is 42.7 Å². The van der Waals surface area contributed by atoms with Gasteiger partial charge >= 0.3 is 0 Å². The Morgan fingerprint density at radius 3 is 1.71 bits per heavy atom. The average Bonchev–Trinajstić information content (AvgIpc) is 3.88. The molecule has 0 fully saturated rings. The summed E-state index contributed by atoms with van der Waals surface area (Å²) >= 11 is 0. The van der Waals surface area contributed by atoms with Crippen molar-refractivity contribution in [3.8, 4) is 17.3 Å². The Morgan fingerprint density at radius 1 is 0.471 bits per heavy atom. The van der Waals surface area contributed by atoms with Gasteiger partial charge in [-0.15, -0.1) is 53.6 Å². The third kappa shape index (κ3) is 8.56. The molecule has 0 spiro atoms. The summed E-state index contributed by atoms with van der Waals surface area (Å²) in [5, 5.41) is 2.22. The molecule has 1 aliphatic rings. The zero-order valence-electron chi connectivity index (χ0n) is 40.8. The summed E-state index contributed by atoms with van der Waals surface area (Å²) in [7, 11) is 0. The summed E-state index contributed by atoms with van der Waals surface area (Å²) in [6, 6.07) is 66.1. The van der Waals surface area contributed by atoms with Crippen LogP contribution < -0.4 is 14.5 Å². The van der Waals surface area contributed by atoms with Crippen LogP contribution in [0.25, 0.3) is 27.6 Å². The quantitative estimate of drug-likeness (QED) is 0.135. The van der Waals surface area contributed by atoms with Crippen molar-refractivity contribution < 1.29 is 25.8 Å². The third-order valence-electron chi connectivity index (χ3n) is 13.8. The molecule has 0 amide bonds. The Hall–Kier alpha value is -6.42. The molecule has 6 heteroatoms.